The number of amidine groups is 1. The molecule has 10 heteroatoms. The molecular formula is C20H20ClFN4O3S. The van der Waals surface area contributed by atoms with Crippen molar-refractivity contribution < 1.29 is 17.5 Å². The molecule has 0 saturated heterocycles. The molecule has 0 aliphatic carbocycles. The zero-order valence-corrected chi connectivity index (χ0v) is 17.6. The fraction of sp³-hybridized carbons (Fsp3) is 0.300. The number of ether oxygens (including phenoxy) is 1. The molecule has 7 nitrogen and oxygen atoms in total. The highest BCUT2D eigenvalue weighted by Crippen LogP contribution is 2.37. The first-order chi connectivity index (χ1) is 14.5. The summed E-state index contributed by atoms with van der Waals surface area (Å²) in [5, 5.41) is 0.119. The predicted molar refractivity (Wildman–Crippen MR) is 117 cm³/mol. The van der Waals surface area contributed by atoms with Gasteiger partial charge in [-0.3, -0.25) is 14.1 Å². The van der Waals surface area contributed by atoms with Gasteiger partial charge in [0.25, 0.3) is 0 Å². The minimum Gasteiger partial charge on any atom is -0.456 e. The minimum absolute atomic E-state index is 0.0817. The van der Waals surface area contributed by atoms with Gasteiger partial charge in [0.15, 0.2) is 0 Å². The van der Waals surface area contributed by atoms with Crippen molar-refractivity contribution in [2.75, 3.05) is 30.2 Å². The Bertz CT molecular complexity index is 1120. The van der Waals surface area contributed by atoms with Gasteiger partial charge in [0, 0.05) is 18.7 Å². The van der Waals surface area contributed by atoms with Gasteiger partial charge >= 0.3 is 0 Å². The number of hydrogen-bond donors (Lipinski definition) is 1. The molecule has 4 rings (SSSR count). The van der Waals surface area contributed by atoms with E-state index in [1.54, 1.807) is 24.5 Å². The van der Waals surface area contributed by atoms with E-state index in [1.165, 1.54) is 6.07 Å². The average molecular weight is 451 g/mol. The first kappa shape index (κ1) is 20.6. The molecule has 2 aliphatic heterocycles. The van der Waals surface area contributed by atoms with E-state index in [2.05, 4.69) is 14.7 Å². The highest BCUT2D eigenvalue weighted by atomic mass is 35.5. The van der Waals surface area contributed by atoms with Crippen molar-refractivity contribution in [2.24, 2.45) is 9.98 Å². The molecular weight excluding hydrogens is 431 g/mol. The molecule has 0 saturated carbocycles. The molecule has 30 heavy (non-hydrogen) atoms. The topological polar surface area (TPSA) is 83.4 Å². The normalized spacial score (nSPS) is 15.3. The number of halogens is 2. The monoisotopic (exact) mass is 450 g/mol. The van der Waals surface area contributed by atoms with Crippen molar-refractivity contribution in [3.8, 4) is 11.5 Å². The second kappa shape index (κ2) is 8.61. The van der Waals surface area contributed by atoms with Crippen molar-refractivity contribution in [3.63, 3.8) is 0 Å². The van der Waals surface area contributed by atoms with Crippen LogP contribution < -0.4 is 9.46 Å². The summed E-state index contributed by atoms with van der Waals surface area (Å²) in [5.74, 6) is 1.36. The Morgan fingerprint density at radius 3 is 2.97 bits per heavy atom. The van der Waals surface area contributed by atoms with Gasteiger partial charge in [-0.05, 0) is 43.2 Å². The van der Waals surface area contributed by atoms with Crippen LogP contribution in [0.1, 0.15) is 18.4 Å². The minimum atomic E-state index is -3.70. The van der Waals surface area contributed by atoms with E-state index in [0.717, 1.165) is 36.6 Å². The fourth-order valence-electron chi connectivity index (χ4n) is 3.24. The lowest BCUT2D eigenvalue weighted by atomic mass is 10.1. The van der Waals surface area contributed by atoms with Crippen molar-refractivity contribution in [3.05, 3.63) is 47.0 Å². The molecule has 0 unspecified atom stereocenters. The maximum Gasteiger partial charge on any atom is 0.232 e. The number of fused-ring (bicyclic) bond motifs is 3. The number of rotatable bonds is 7. The van der Waals surface area contributed by atoms with E-state index in [-0.39, 0.29) is 22.9 Å². The molecule has 0 radical (unpaired) electrons. The van der Waals surface area contributed by atoms with Gasteiger partial charge in [0.2, 0.25) is 10.0 Å². The Kier molecular flexibility index (Phi) is 5.92. The molecule has 2 heterocycles. The zero-order valence-electron chi connectivity index (χ0n) is 16.0. The number of sulfonamides is 1. The van der Waals surface area contributed by atoms with Crippen LogP contribution in [0.3, 0.4) is 0 Å². The Morgan fingerprint density at radius 2 is 2.13 bits per heavy atom. The van der Waals surface area contributed by atoms with Crippen LogP contribution in [0.15, 0.2) is 46.4 Å². The zero-order chi connectivity index (χ0) is 21.1. The average Bonchev–Trinajstić information content (AvgIpc) is 2.75. The SMILES string of the molecule is O=S(=O)(CCCF)Nc1cccc(Oc2ccc3c(c2)C2=NCCCN2C=N3)c1Cl. The number of nitrogens with zero attached hydrogens (tertiary/aromatic N) is 3. The summed E-state index contributed by atoms with van der Waals surface area (Å²) in [5.41, 5.74) is 1.85. The van der Waals surface area contributed by atoms with Gasteiger partial charge in [-0.15, -0.1) is 0 Å². The summed E-state index contributed by atoms with van der Waals surface area (Å²) in [6.45, 7) is 0.923. The summed E-state index contributed by atoms with van der Waals surface area (Å²) in [6, 6.07) is 10.3. The Hall–Kier alpha value is -2.65. The van der Waals surface area contributed by atoms with Crippen LogP contribution in [-0.2, 0) is 10.0 Å². The Balaban J connectivity index is 1.59. The first-order valence-corrected chi connectivity index (χ1v) is 11.5. The molecule has 0 aromatic heterocycles. The van der Waals surface area contributed by atoms with E-state index in [4.69, 9.17) is 16.3 Å². The van der Waals surface area contributed by atoms with Crippen molar-refractivity contribution in [2.45, 2.75) is 12.8 Å². The van der Waals surface area contributed by atoms with E-state index in [0.29, 0.717) is 11.5 Å². The third kappa shape index (κ3) is 4.41. The molecule has 0 spiro atoms. The number of benzene rings is 2. The summed E-state index contributed by atoms with van der Waals surface area (Å²) >= 11 is 6.37. The van der Waals surface area contributed by atoms with Crippen LogP contribution in [-0.4, -0.2) is 51.0 Å². The lowest BCUT2D eigenvalue weighted by Gasteiger charge is -2.29. The van der Waals surface area contributed by atoms with Crippen LogP contribution >= 0.6 is 11.6 Å². The third-order valence-electron chi connectivity index (χ3n) is 4.64. The number of nitrogens with one attached hydrogen (secondary N) is 1. The number of aliphatic imine (C=N–C) groups is 2. The van der Waals surface area contributed by atoms with Crippen LogP contribution in [0, 0.1) is 0 Å². The molecule has 2 aromatic carbocycles. The molecule has 1 N–H and O–H groups in total. The molecule has 0 fully saturated rings. The molecule has 0 bridgehead atoms. The molecule has 0 amide bonds. The van der Waals surface area contributed by atoms with Gasteiger partial charge < -0.3 is 9.64 Å². The predicted octanol–water partition coefficient (Wildman–Crippen LogP) is 4.36. The Morgan fingerprint density at radius 1 is 1.27 bits per heavy atom. The summed E-state index contributed by atoms with van der Waals surface area (Å²) in [4.78, 5) is 11.1. The maximum atomic E-state index is 12.3. The van der Waals surface area contributed by atoms with Gasteiger partial charge in [-0.25, -0.2) is 13.4 Å². The summed E-state index contributed by atoms with van der Waals surface area (Å²) in [7, 11) is -3.70. The van der Waals surface area contributed by atoms with Crippen molar-refractivity contribution in [1.29, 1.82) is 0 Å². The summed E-state index contributed by atoms with van der Waals surface area (Å²) < 4.78 is 44.8. The van der Waals surface area contributed by atoms with E-state index >= 15 is 0 Å². The highest BCUT2D eigenvalue weighted by Gasteiger charge is 2.23. The molecule has 0 atom stereocenters. The standard InChI is InChI=1S/C20H20ClFN4O3S/c21-19-17(25-30(27,28)11-2-8-22)4-1-5-18(19)29-14-6-7-16-15(12-14)20-23-9-3-10-26(20)13-24-16/h1,4-7,12-13,25H,2-3,8-11H2. The lowest BCUT2D eigenvalue weighted by molar-refractivity contribution is 0.482. The first-order valence-electron chi connectivity index (χ1n) is 9.49. The van der Waals surface area contributed by atoms with Crippen LogP contribution in [0.4, 0.5) is 15.8 Å². The fourth-order valence-corrected chi connectivity index (χ4v) is 4.60. The van der Waals surface area contributed by atoms with Crippen molar-refractivity contribution >= 4 is 45.2 Å². The second-order valence-electron chi connectivity index (χ2n) is 6.86. The maximum absolute atomic E-state index is 12.3. The van der Waals surface area contributed by atoms with Crippen LogP contribution in [0.5, 0.6) is 11.5 Å². The number of hydrogen-bond acceptors (Lipinski definition) is 6. The smallest absolute Gasteiger partial charge is 0.232 e. The highest BCUT2D eigenvalue weighted by molar-refractivity contribution is 7.92. The van der Waals surface area contributed by atoms with Gasteiger partial charge in [-0.1, -0.05) is 17.7 Å². The summed E-state index contributed by atoms with van der Waals surface area (Å²) in [6.07, 6.45) is 2.68. The van der Waals surface area contributed by atoms with Gasteiger partial charge in [0.05, 0.1) is 30.1 Å². The molecule has 2 aromatic rings. The van der Waals surface area contributed by atoms with Gasteiger partial charge in [0.1, 0.15) is 22.4 Å². The molecule has 158 valence electrons. The van der Waals surface area contributed by atoms with Crippen LogP contribution in [0.2, 0.25) is 5.02 Å². The lowest BCUT2D eigenvalue weighted by Crippen LogP contribution is -2.36. The number of anilines is 1. The number of alkyl halides is 1. The van der Waals surface area contributed by atoms with Gasteiger partial charge in [-0.2, -0.15) is 0 Å². The third-order valence-corrected chi connectivity index (χ3v) is 6.39. The van der Waals surface area contributed by atoms with Crippen molar-refractivity contribution in [1.82, 2.24) is 4.90 Å². The second-order valence-corrected chi connectivity index (χ2v) is 9.08. The van der Waals surface area contributed by atoms with Crippen LogP contribution in [0.25, 0.3) is 0 Å². The Labute approximate surface area is 179 Å². The van der Waals surface area contributed by atoms with E-state index in [1.807, 2.05) is 17.0 Å². The van der Waals surface area contributed by atoms with E-state index < -0.39 is 16.7 Å². The largest absolute Gasteiger partial charge is 0.456 e. The molecule has 2 aliphatic rings. The van der Waals surface area contributed by atoms with E-state index in [9.17, 15) is 12.8 Å². The quantitative estimate of drug-likeness (QED) is 0.679.